The highest BCUT2D eigenvalue weighted by molar-refractivity contribution is 5.71. The van der Waals surface area contributed by atoms with Gasteiger partial charge in [-0.05, 0) is 53.9 Å². The molecule has 1 nitrogen and oxygen atoms in total. The number of aryl methyl sites for hydroxylation is 1. The van der Waals surface area contributed by atoms with E-state index in [1.807, 2.05) is 19.1 Å². The Hall–Kier alpha value is -3.81. The molecule has 0 aromatic heterocycles. The van der Waals surface area contributed by atoms with Crippen LogP contribution in [0, 0.1) is 36.0 Å². The molecule has 4 rings (SSSR count). The minimum absolute atomic E-state index is 0.204. The van der Waals surface area contributed by atoms with Gasteiger partial charge >= 0.3 is 6.11 Å². The molecular weight excluding hydrogens is 461 g/mol. The van der Waals surface area contributed by atoms with Crippen LogP contribution in [0.15, 0.2) is 72.8 Å². The van der Waals surface area contributed by atoms with Crippen LogP contribution in [0.1, 0.15) is 11.1 Å². The topological polar surface area (TPSA) is 9.23 Å². The van der Waals surface area contributed by atoms with Crippen LogP contribution in [0.5, 0.6) is 5.75 Å². The van der Waals surface area contributed by atoms with Crippen LogP contribution in [0.2, 0.25) is 0 Å². The lowest BCUT2D eigenvalue weighted by Crippen LogP contribution is -2.25. The largest absolute Gasteiger partial charge is 0.432 e. The van der Waals surface area contributed by atoms with E-state index >= 15 is 0 Å². The molecule has 0 heterocycles. The van der Waals surface area contributed by atoms with Crippen LogP contribution in [0.3, 0.4) is 0 Å². The van der Waals surface area contributed by atoms with E-state index < -0.39 is 46.5 Å². The second-order valence-electron chi connectivity index (χ2n) is 7.57. The molecule has 8 heteroatoms. The first kappa shape index (κ1) is 23.4. The van der Waals surface area contributed by atoms with Gasteiger partial charge in [0.15, 0.2) is 11.6 Å². The number of halogens is 7. The number of alkyl halides is 2. The average molecular weight is 476 g/mol. The van der Waals surface area contributed by atoms with Crippen molar-refractivity contribution >= 4 is 0 Å². The van der Waals surface area contributed by atoms with Crippen molar-refractivity contribution in [2.24, 2.45) is 0 Å². The molecule has 4 aromatic rings. The minimum Gasteiger partial charge on any atom is -0.429 e. The third-order valence-corrected chi connectivity index (χ3v) is 5.14. The molecule has 4 aromatic carbocycles. The third-order valence-electron chi connectivity index (χ3n) is 5.14. The highest BCUT2D eigenvalue weighted by atomic mass is 19.3. The van der Waals surface area contributed by atoms with Gasteiger partial charge in [0.25, 0.3) is 0 Å². The summed E-state index contributed by atoms with van der Waals surface area (Å²) in [6.45, 7) is 1.90. The highest BCUT2D eigenvalue weighted by Crippen LogP contribution is 2.38. The summed E-state index contributed by atoms with van der Waals surface area (Å²) in [6, 6.07) is 13.9. The van der Waals surface area contributed by atoms with E-state index in [2.05, 4.69) is 4.74 Å². The quantitative estimate of drug-likeness (QED) is 0.264. The van der Waals surface area contributed by atoms with E-state index in [-0.39, 0.29) is 11.1 Å². The molecule has 0 bridgehead atoms. The number of hydrogen-bond donors (Lipinski definition) is 0. The summed E-state index contributed by atoms with van der Waals surface area (Å²) in [5.74, 6) is -7.85. The van der Waals surface area contributed by atoms with Crippen LogP contribution in [0.25, 0.3) is 22.3 Å². The van der Waals surface area contributed by atoms with Crippen molar-refractivity contribution in [3.63, 3.8) is 0 Å². The molecule has 0 unspecified atom stereocenters. The summed E-state index contributed by atoms with van der Waals surface area (Å²) in [4.78, 5) is 0. The fourth-order valence-electron chi connectivity index (χ4n) is 3.42. The Kier molecular flexibility index (Phi) is 6.08. The second kappa shape index (κ2) is 8.85. The molecule has 34 heavy (non-hydrogen) atoms. The Morgan fingerprint density at radius 3 is 1.74 bits per heavy atom. The van der Waals surface area contributed by atoms with Crippen LogP contribution in [-0.2, 0) is 6.11 Å². The molecule has 0 atom stereocenters. The van der Waals surface area contributed by atoms with E-state index in [9.17, 15) is 30.7 Å². The molecular formula is C26H15F7O. The predicted molar refractivity (Wildman–Crippen MR) is 113 cm³/mol. The van der Waals surface area contributed by atoms with Crippen molar-refractivity contribution in [1.82, 2.24) is 0 Å². The van der Waals surface area contributed by atoms with Crippen molar-refractivity contribution in [3.8, 4) is 28.0 Å². The van der Waals surface area contributed by atoms with Crippen molar-refractivity contribution in [1.29, 1.82) is 0 Å². The smallest absolute Gasteiger partial charge is 0.429 e. The van der Waals surface area contributed by atoms with Gasteiger partial charge in [0.1, 0.15) is 28.8 Å². The standard InChI is InChI=1S/C26H15F7O/c1-14-2-4-15(5-3-14)16-6-8-19(21(28)10-16)17-11-23(30)25(24(31)12-17)26(32,33)34-18-7-9-20(27)22(29)13-18/h2-13H,1H3. The van der Waals surface area contributed by atoms with Crippen molar-refractivity contribution < 1.29 is 35.5 Å². The van der Waals surface area contributed by atoms with E-state index in [0.29, 0.717) is 35.9 Å². The maximum atomic E-state index is 14.8. The first-order valence-electron chi connectivity index (χ1n) is 9.93. The predicted octanol–water partition coefficient (Wildman–Crippen LogP) is 8.15. The van der Waals surface area contributed by atoms with Crippen LogP contribution in [-0.4, -0.2) is 0 Å². The SMILES string of the molecule is Cc1ccc(-c2ccc(-c3cc(F)c(C(F)(F)Oc4ccc(F)c(F)c4)c(F)c3)c(F)c2)cc1. The zero-order valence-corrected chi connectivity index (χ0v) is 17.5. The van der Waals surface area contributed by atoms with E-state index in [1.54, 1.807) is 12.1 Å². The van der Waals surface area contributed by atoms with Gasteiger partial charge in [-0.3, -0.25) is 0 Å². The van der Waals surface area contributed by atoms with E-state index in [4.69, 9.17) is 0 Å². The first-order chi connectivity index (χ1) is 16.0. The molecule has 174 valence electrons. The third kappa shape index (κ3) is 4.62. The lowest BCUT2D eigenvalue weighted by atomic mass is 9.98. The first-order valence-corrected chi connectivity index (χ1v) is 9.93. The maximum absolute atomic E-state index is 14.8. The molecule has 0 saturated carbocycles. The zero-order chi connectivity index (χ0) is 24.6. The Labute approximate surface area is 190 Å². The van der Waals surface area contributed by atoms with E-state index in [0.717, 1.165) is 11.1 Å². The number of benzene rings is 4. The molecule has 0 aliphatic carbocycles. The van der Waals surface area contributed by atoms with Crippen LogP contribution in [0.4, 0.5) is 30.7 Å². The summed E-state index contributed by atoms with van der Waals surface area (Å²) in [5, 5.41) is 0. The van der Waals surface area contributed by atoms with Gasteiger partial charge in [-0.15, -0.1) is 0 Å². The lowest BCUT2D eigenvalue weighted by Gasteiger charge is -2.20. The van der Waals surface area contributed by atoms with Crippen LogP contribution >= 0.6 is 0 Å². The zero-order valence-electron chi connectivity index (χ0n) is 17.5. The van der Waals surface area contributed by atoms with Gasteiger partial charge in [0.2, 0.25) is 0 Å². The average Bonchev–Trinajstić information content (AvgIpc) is 2.76. The Balaban J connectivity index is 1.67. The summed E-state index contributed by atoms with van der Waals surface area (Å²) in [6.07, 6.45) is -4.56. The van der Waals surface area contributed by atoms with Gasteiger partial charge in [0, 0.05) is 11.6 Å². The molecule has 0 radical (unpaired) electrons. The number of hydrogen-bond acceptors (Lipinski definition) is 1. The molecule has 0 aliphatic heterocycles. The fraction of sp³-hybridized carbons (Fsp3) is 0.0769. The van der Waals surface area contributed by atoms with Gasteiger partial charge in [-0.2, -0.15) is 8.78 Å². The van der Waals surface area contributed by atoms with Gasteiger partial charge in [-0.25, -0.2) is 22.0 Å². The Bertz CT molecular complexity index is 1340. The second-order valence-corrected chi connectivity index (χ2v) is 7.57. The summed E-state index contributed by atoms with van der Waals surface area (Å²) in [5.41, 5.74) is -0.0154. The normalized spacial score (nSPS) is 11.5. The molecule has 0 aliphatic rings. The van der Waals surface area contributed by atoms with Gasteiger partial charge < -0.3 is 4.74 Å². The Morgan fingerprint density at radius 1 is 0.559 bits per heavy atom. The molecule has 0 spiro atoms. The van der Waals surface area contributed by atoms with E-state index in [1.165, 1.54) is 18.2 Å². The van der Waals surface area contributed by atoms with Crippen molar-refractivity contribution in [2.75, 3.05) is 0 Å². The number of ether oxygens (including phenoxy) is 1. The monoisotopic (exact) mass is 476 g/mol. The lowest BCUT2D eigenvalue weighted by molar-refractivity contribution is -0.189. The summed E-state index contributed by atoms with van der Waals surface area (Å²) in [7, 11) is 0. The maximum Gasteiger partial charge on any atom is 0.432 e. The van der Waals surface area contributed by atoms with Gasteiger partial charge in [-0.1, -0.05) is 42.0 Å². The fourth-order valence-corrected chi connectivity index (χ4v) is 3.42. The van der Waals surface area contributed by atoms with Crippen LogP contribution < -0.4 is 4.74 Å². The summed E-state index contributed by atoms with van der Waals surface area (Å²) >= 11 is 0. The van der Waals surface area contributed by atoms with Gasteiger partial charge in [0.05, 0.1) is 0 Å². The van der Waals surface area contributed by atoms with Crippen molar-refractivity contribution in [3.05, 3.63) is 113 Å². The molecule has 0 amide bonds. The Morgan fingerprint density at radius 2 is 1.15 bits per heavy atom. The number of rotatable bonds is 5. The molecule has 0 saturated heterocycles. The minimum atomic E-state index is -4.56. The highest BCUT2D eigenvalue weighted by Gasteiger charge is 2.41. The summed E-state index contributed by atoms with van der Waals surface area (Å²) < 4.78 is 103. The van der Waals surface area contributed by atoms with Crippen molar-refractivity contribution in [2.45, 2.75) is 13.0 Å². The molecule has 0 fully saturated rings. The molecule has 0 N–H and O–H groups in total.